The number of carbonyl (C=O) groups excluding carboxylic acids is 1. The number of hydrogen-bond acceptors (Lipinski definition) is 4. The molecule has 0 fully saturated rings. The molecule has 1 aromatic heterocycles. The van der Waals surface area contributed by atoms with E-state index in [9.17, 15) is 4.79 Å². The molecule has 1 atom stereocenters. The maximum Gasteiger partial charge on any atom is 0.145 e. The maximum atomic E-state index is 12.7. The van der Waals surface area contributed by atoms with E-state index in [0.29, 0.717) is 6.42 Å². The average molecular weight is 335 g/mol. The van der Waals surface area contributed by atoms with E-state index in [0.717, 1.165) is 27.8 Å². The smallest absolute Gasteiger partial charge is 0.145 e. The monoisotopic (exact) mass is 335 g/mol. The van der Waals surface area contributed by atoms with Crippen LogP contribution in [0.5, 0.6) is 0 Å². The zero-order valence-corrected chi connectivity index (χ0v) is 13.9. The van der Waals surface area contributed by atoms with Crippen LogP contribution in [0.25, 0.3) is 11.1 Å². The molecule has 0 radical (unpaired) electrons. The Kier molecular flexibility index (Phi) is 5.38. The Morgan fingerprint density at radius 1 is 1.04 bits per heavy atom. The van der Waals surface area contributed by atoms with Gasteiger partial charge < -0.3 is 10.8 Å². The number of carbonyl (C=O) groups is 1. The van der Waals surface area contributed by atoms with Crippen LogP contribution in [-0.2, 0) is 17.8 Å². The van der Waals surface area contributed by atoms with Crippen LogP contribution in [0.4, 0.5) is 0 Å². The second-order valence-corrected chi connectivity index (χ2v) is 6.01. The zero-order chi connectivity index (χ0) is 17.6. The highest BCUT2D eigenvalue weighted by molar-refractivity contribution is 5.88. The number of hydrogen-bond donors (Lipinski definition) is 3. The summed E-state index contributed by atoms with van der Waals surface area (Å²) in [6.07, 6.45) is 3.94. The van der Waals surface area contributed by atoms with Crippen molar-refractivity contribution in [3.8, 4) is 11.1 Å². The molecule has 3 aromatic rings. The topological polar surface area (TPSA) is 92.0 Å². The number of aromatic amines is 1. The van der Waals surface area contributed by atoms with E-state index in [2.05, 4.69) is 10.2 Å². The van der Waals surface area contributed by atoms with E-state index in [-0.39, 0.29) is 24.9 Å². The average Bonchev–Trinajstić information content (AvgIpc) is 3.18. The van der Waals surface area contributed by atoms with Gasteiger partial charge in [0.05, 0.1) is 18.7 Å². The maximum absolute atomic E-state index is 12.7. The fraction of sp³-hybridized carbons (Fsp3) is 0.200. The molecule has 5 heteroatoms. The number of aliphatic hydroxyl groups excluding tert-OH is 1. The number of nitrogens with zero attached hydrogens (tertiary/aromatic N) is 1. The number of benzene rings is 2. The lowest BCUT2D eigenvalue weighted by Gasteiger charge is -2.15. The molecule has 0 spiro atoms. The van der Waals surface area contributed by atoms with Crippen LogP contribution in [0.15, 0.2) is 60.9 Å². The summed E-state index contributed by atoms with van der Waals surface area (Å²) in [5.41, 5.74) is 10.6. The first kappa shape index (κ1) is 17.1. The minimum atomic E-state index is -0.332. The van der Waals surface area contributed by atoms with Gasteiger partial charge in [0.1, 0.15) is 5.78 Å². The molecule has 1 heterocycles. The van der Waals surface area contributed by atoms with E-state index in [1.165, 1.54) is 0 Å². The predicted molar refractivity (Wildman–Crippen MR) is 96.9 cm³/mol. The van der Waals surface area contributed by atoms with Gasteiger partial charge in [-0.15, -0.1) is 0 Å². The van der Waals surface area contributed by atoms with Crippen LogP contribution in [0.2, 0.25) is 0 Å². The van der Waals surface area contributed by atoms with Crippen LogP contribution in [0.3, 0.4) is 0 Å². The summed E-state index contributed by atoms with van der Waals surface area (Å²) in [5.74, 6) is -0.239. The Labute approximate surface area is 146 Å². The lowest BCUT2D eigenvalue weighted by molar-refractivity contribution is -0.119. The molecule has 2 aromatic carbocycles. The number of ketones is 1. The van der Waals surface area contributed by atoms with Gasteiger partial charge in [0.2, 0.25) is 0 Å². The highest BCUT2D eigenvalue weighted by Gasteiger charge is 2.19. The van der Waals surface area contributed by atoms with Gasteiger partial charge in [-0.2, -0.15) is 5.10 Å². The number of nitrogens with two attached hydrogens (primary N) is 1. The van der Waals surface area contributed by atoms with Gasteiger partial charge in [0.15, 0.2) is 0 Å². The van der Waals surface area contributed by atoms with Crippen molar-refractivity contribution in [2.75, 3.05) is 6.54 Å². The van der Waals surface area contributed by atoms with Gasteiger partial charge in [-0.3, -0.25) is 9.89 Å². The number of aromatic nitrogens is 2. The van der Waals surface area contributed by atoms with Crippen molar-refractivity contribution in [2.24, 2.45) is 5.73 Å². The summed E-state index contributed by atoms with van der Waals surface area (Å²) in [4.78, 5) is 12.7. The zero-order valence-electron chi connectivity index (χ0n) is 13.9. The lowest BCUT2D eigenvalue weighted by Crippen LogP contribution is -2.23. The van der Waals surface area contributed by atoms with Crippen molar-refractivity contribution >= 4 is 5.78 Å². The van der Waals surface area contributed by atoms with Crippen LogP contribution in [-0.4, -0.2) is 27.6 Å². The van der Waals surface area contributed by atoms with Gasteiger partial charge in [0.25, 0.3) is 0 Å². The highest BCUT2D eigenvalue weighted by Crippen LogP contribution is 2.21. The highest BCUT2D eigenvalue weighted by atomic mass is 16.3. The van der Waals surface area contributed by atoms with E-state index in [1.54, 1.807) is 6.20 Å². The van der Waals surface area contributed by atoms with Crippen molar-refractivity contribution in [2.45, 2.75) is 18.9 Å². The SMILES string of the molecule is NCC(C(=O)Cc1ccc(-c2cn[nH]c2)cc1)c1ccc(CO)cc1. The van der Waals surface area contributed by atoms with Gasteiger partial charge >= 0.3 is 0 Å². The fourth-order valence-electron chi connectivity index (χ4n) is 2.86. The second-order valence-electron chi connectivity index (χ2n) is 6.01. The number of Topliss-reactive ketones (excluding diaryl/α,β-unsaturated/α-hetero) is 1. The Balaban J connectivity index is 1.71. The largest absolute Gasteiger partial charge is 0.392 e. The van der Waals surface area contributed by atoms with Crippen molar-refractivity contribution in [3.63, 3.8) is 0 Å². The normalized spacial score (nSPS) is 12.1. The first-order chi connectivity index (χ1) is 12.2. The van der Waals surface area contributed by atoms with Crippen molar-refractivity contribution in [1.82, 2.24) is 10.2 Å². The van der Waals surface area contributed by atoms with Gasteiger partial charge in [-0.1, -0.05) is 48.5 Å². The molecule has 25 heavy (non-hydrogen) atoms. The van der Waals surface area contributed by atoms with Crippen LogP contribution >= 0.6 is 0 Å². The lowest BCUT2D eigenvalue weighted by atomic mass is 9.90. The Bertz CT molecular complexity index is 809. The standard InChI is InChI=1S/C20H21N3O2/c21-10-19(17-7-3-15(13-24)4-8-17)20(25)9-14-1-5-16(6-2-14)18-11-22-23-12-18/h1-8,11-12,19,24H,9-10,13,21H2,(H,22,23). The number of nitrogens with one attached hydrogen (secondary N) is 1. The summed E-state index contributed by atoms with van der Waals surface area (Å²) in [5, 5.41) is 15.9. The molecule has 5 nitrogen and oxygen atoms in total. The van der Waals surface area contributed by atoms with E-state index >= 15 is 0 Å². The minimum absolute atomic E-state index is 0.00940. The van der Waals surface area contributed by atoms with Gasteiger partial charge in [-0.25, -0.2) is 0 Å². The summed E-state index contributed by atoms with van der Waals surface area (Å²) in [6.45, 7) is 0.259. The van der Waals surface area contributed by atoms with Gasteiger partial charge in [0, 0.05) is 24.7 Å². The second kappa shape index (κ2) is 7.88. The number of H-pyrrole nitrogens is 1. The van der Waals surface area contributed by atoms with E-state index < -0.39 is 0 Å². The summed E-state index contributed by atoms with van der Waals surface area (Å²) < 4.78 is 0. The Morgan fingerprint density at radius 3 is 2.28 bits per heavy atom. The molecule has 128 valence electrons. The molecular weight excluding hydrogens is 314 g/mol. The fourth-order valence-corrected chi connectivity index (χ4v) is 2.86. The molecule has 3 rings (SSSR count). The van der Waals surface area contributed by atoms with Crippen molar-refractivity contribution in [1.29, 1.82) is 0 Å². The molecule has 4 N–H and O–H groups in total. The van der Waals surface area contributed by atoms with Gasteiger partial charge in [-0.05, 0) is 22.3 Å². The third-order valence-electron chi connectivity index (χ3n) is 4.35. The van der Waals surface area contributed by atoms with Crippen molar-refractivity contribution in [3.05, 3.63) is 77.6 Å². The van der Waals surface area contributed by atoms with E-state index in [1.807, 2.05) is 54.7 Å². The minimum Gasteiger partial charge on any atom is -0.392 e. The third-order valence-corrected chi connectivity index (χ3v) is 4.35. The Hall–Kier alpha value is -2.76. The molecule has 0 saturated carbocycles. The number of rotatable bonds is 7. The van der Waals surface area contributed by atoms with Crippen molar-refractivity contribution < 1.29 is 9.90 Å². The number of aliphatic hydroxyl groups is 1. The Morgan fingerprint density at radius 2 is 1.72 bits per heavy atom. The summed E-state index contributed by atoms with van der Waals surface area (Å²) in [6, 6.07) is 15.3. The molecule has 0 saturated heterocycles. The quantitative estimate of drug-likeness (QED) is 0.618. The predicted octanol–water partition coefficient (Wildman–Crippen LogP) is 2.42. The van der Waals surface area contributed by atoms with Crippen LogP contribution in [0.1, 0.15) is 22.6 Å². The molecule has 0 aliphatic heterocycles. The molecule has 1 unspecified atom stereocenters. The molecular formula is C20H21N3O2. The summed E-state index contributed by atoms with van der Waals surface area (Å²) in [7, 11) is 0. The van der Waals surface area contributed by atoms with E-state index in [4.69, 9.17) is 10.8 Å². The molecule has 0 aliphatic rings. The molecule has 0 aliphatic carbocycles. The first-order valence-corrected chi connectivity index (χ1v) is 8.22. The molecule has 0 amide bonds. The molecule has 0 bridgehead atoms. The third kappa shape index (κ3) is 4.02. The first-order valence-electron chi connectivity index (χ1n) is 8.22. The summed E-state index contributed by atoms with van der Waals surface area (Å²) >= 11 is 0. The van der Waals surface area contributed by atoms with Crippen LogP contribution < -0.4 is 5.73 Å². The van der Waals surface area contributed by atoms with Crippen LogP contribution in [0, 0.1) is 0 Å².